The van der Waals surface area contributed by atoms with Crippen molar-refractivity contribution in [3.8, 4) is 62.0 Å². The van der Waals surface area contributed by atoms with E-state index < -0.39 is 0 Å². The molecule has 0 saturated heterocycles. The third kappa shape index (κ3) is 5.19. The maximum absolute atomic E-state index is 5.11. The van der Waals surface area contributed by atoms with Crippen LogP contribution in [0, 0.1) is 0 Å². The summed E-state index contributed by atoms with van der Waals surface area (Å²) in [5.41, 5.74) is 11.2. The predicted molar refractivity (Wildman–Crippen MR) is 184 cm³/mol. The van der Waals surface area contributed by atoms with E-state index in [1.807, 2.05) is 35.0 Å². The molecular weight excluding hydrogens is 548 g/mol. The van der Waals surface area contributed by atoms with Gasteiger partial charge in [-0.15, -0.1) is 0 Å². The Balaban J connectivity index is 1.24. The van der Waals surface area contributed by atoms with Crippen molar-refractivity contribution >= 4 is 10.9 Å². The zero-order valence-corrected chi connectivity index (χ0v) is 24.5. The van der Waals surface area contributed by atoms with Crippen LogP contribution in [0.4, 0.5) is 0 Å². The molecule has 0 fully saturated rings. The summed E-state index contributed by atoms with van der Waals surface area (Å²) in [5, 5.41) is 6.23. The van der Waals surface area contributed by atoms with Crippen molar-refractivity contribution in [1.29, 1.82) is 0 Å². The van der Waals surface area contributed by atoms with E-state index in [0.717, 1.165) is 55.9 Å². The third-order valence-corrected chi connectivity index (χ3v) is 8.07. The van der Waals surface area contributed by atoms with E-state index in [0.29, 0.717) is 5.82 Å². The molecule has 2 aromatic heterocycles. The van der Waals surface area contributed by atoms with Crippen LogP contribution in [0.1, 0.15) is 0 Å². The van der Waals surface area contributed by atoms with E-state index in [1.165, 1.54) is 11.1 Å². The van der Waals surface area contributed by atoms with Crippen molar-refractivity contribution in [3.05, 3.63) is 170 Å². The number of fused-ring (bicyclic) bond motifs is 1. The summed E-state index contributed by atoms with van der Waals surface area (Å²) in [6.45, 7) is 0. The predicted octanol–water partition coefficient (Wildman–Crippen LogP) is 10.2. The SMILES string of the molecule is c1ccc(-c2ccc(-c3cc(-c4cccc(-n5nc(-c6ccccc6)c6ccccc65)c4)nc(-c4ccccc4)n3)cc2)cc1. The second-order valence-corrected chi connectivity index (χ2v) is 11.0. The summed E-state index contributed by atoms with van der Waals surface area (Å²) in [5.74, 6) is 0.691. The summed E-state index contributed by atoms with van der Waals surface area (Å²) in [6, 6.07) is 58.4. The highest BCUT2D eigenvalue weighted by Crippen LogP contribution is 2.33. The molecule has 8 aromatic rings. The first-order valence-corrected chi connectivity index (χ1v) is 15.0. The maximum atomic E-state index is 5.11. The lowest BCUT2D eigenvalue weighted by Gasteiger charge is -2.11. The lowest BCUT2D eigenvalue weighted by Crippen LogP contribution is -1.99. The van der Waals surface area contributed by atoms with Gasteiger partial charge in [0.05, 0.1) is 22.6 Å². The summed E-state index contributed by atoms with van der Waals surface area (Å²) in [4.78, 5) is 10.1. The first kappa shape index (κ1) is 26.5. The highest BCUT2D eigenvalue weighted by Gasteiger charge is 2.15. The van der Waals surface area contributed by atoms with Gasteiger partial charge in [0.2, 0.25) is 0 Å². The summed E-state index contributed by atoms with van der Waals surface area (Å²) in [7, 11) is 0. The van der Waals surface area contributed by atoms with Crippen LogP contribution in [0.15, 0.2) is 170 Å². The molecule has 4 nitrogen and oxygen atoms in total. The standard InChI is InChI=1S/C41H28N4/c1-4-13-29(14-5-1)30-23-25-31(26-24-30)37-28-38(43-41(42-37)33-17-8-3-9-18-33)34-19-12-20-35(27-34)45-39-22-11-10-21-36(39)40(44-45)32-15-6-2-7-16-32/h1-28H. The minimum Gasteiger partial charge on any atom is -0.232 e. The van der Waals surface area contributed by atoms with Crippen LogP contribution >= 0.6 is 0 Å². The highest BCUT2D eigenvalue weighted by molar-refractivity contribution is 5.94. The Morgan fingerprint density at radius 3 is 1.62 bits per heavy atom. The zero-order valence-electron chi connectivity index (χ0n) is 24.5. The van der Waals surface area contributed by atoms with Crippen LogP contribution in [0.3, 0.4) is 0 Å². The Morgan fingerprint density at radius 1 is 0.378 bits per heavy atom. The molecule has 45 heavy (non-hydrogen) atoms. The van der Waals surface area contributed by atoms with Gasteiger partial charge in [0.1, 0.15) is 5.69 Å². The van der Waals surface area contributed by atoms with Crippen LogP contribution in [-0.2, 0) is 0 Å². The van der Waals surface area contributed by atoms with Crippen LogP contribution < -0.4 is 0 Å². The van der Waals surface area contributed by atoms with Crippen molar-refractivity contribution in [1.82, 2.24) is 19.7 Å². The van der Waals surface area contributed by atoms with Gasteiger partial charge in [0.25, 0.3) is 0 Å². The molecule has 212 valence electrons. The summed E-state index contributed by atoms with van der Waals surface area (Å²) < 4.78 is 2.03. The molecule has 4 heteroatoms. The van der Waals surface area contributed by atoms with Crippen molar-refractivity contribution in [2.24, 2.45) is 0 Å². The van der Waals surface area contributed by atoms with Gasteiger partial charge < -0.3 is 0 Å². The van der Waals surface area contributed by atoms with Crippen LogP contribution in [0.2, 0.25) is 0 Å². The van der Waals surface area contributed by atoms with Gasteiger partial charge in [-0.3, -0.25) is 0 Å². The maximum Gasteiger partial charge on any atom is 0.160 e. The first-order valence-electron chi connectivity index (χ1n) is 15.0. The van der Waals surface area contributed by atoms with E-state index in [-0.39, 0.29) is 0 Å². The molecule has 0 N–H and O–H groups in total. The molecule has 6 aromatic carbocycles. The number of hydrogen-bond acceptors (Lipinski definition) is 3. The van der Waals surface area contributed by atoms with Gasteiger partial charge in [-0.25, -0.2) is 14.6 Å². The topological polar surface area (TPSA) is 43.6 Å². The largest absolute Gasteiger partial charge is 0.232 e. The molecule has 0 atom stereocenters. The quantitative estimate of drug-likeness (QED) is 0.198. The van der Waals surface area contributed by atoms with Gasteiger partial charge >= 0.3 is 0 Å². The lowest BCUT2D eigenvalue weighted by molar-refractivity contribution is 0.915. The smallest absolute Gasteiger partial charge is 0.160 e. The Labute approximate surface area is 262 Å². The molecule has 0 spiro atoms. The molecule has 0 bridgehead atoms. The average molecular weight is 577 g/mol. The molecule has 0 saturated carbocycles. The molecule has 0 aliphatic carbocycles. The van der Waals surface area contributed by atoms with Gasteiger partial charge in [0.15, 0.2) is 5.82 Å². The fourth-order valence-corrected chi connectivity index (χ4v) is 5.79. The monoisotopic (exact) mass is 576 g/mol. The molecule has 2 heterocycles. The van der Waals surface area contributed by atoms with Crippen molar-refractivity contribution < 1.29 is 0 Å². The number of benzene rings is 6. The Bertz CT molecular complexity index is 2240. The van der Waals surface area contributed by atoms with Crippen molar-refractivity contribution in [3.63, 3.8) is 0 Å². The Hall–Kier alpha value is -6.13. The second kappa shape index (κ2) is 11.5. The van der Waals surface area contributed by atoms with E-state index in [2.05, 4.69) is 140 Å². The minimum absolute atomic E-state index is 0.691. The number of hydrogen-bond donors (Lipinski definition) is 0. The summed E-state index contributed by atoms with van der Waals surface area (Å²) in [6.07, 6.45) is 0. The Kier molecular flexibility index (Phi) is 6.78. The van der Waals surface area contributed by atoms with Crippen LogP contribution in [0.25, 0.3) is 72.9 Å². The Morgan fingerprint density at radius 2 is 0.911 bits per heavy atom. The number of rotatable bonds is 6. The summed E-state index contributed by atoms with van der Waals surface area (Å²) >= 11 is 0. The third-order valence-electron chi connectivity index (χ3n) is 8.07. The number of aromatic nitrogens is 4. The molecule has 0 aliphatic heterocycles. The first-order chi connectivity index (χ1) is 22.3. The molecular formula is C41H28N4. The van der Waals surface area contributed by atoms with E-state index in [9.17, 15) is 0 Å². The molecule has 0 aliphatic rings. The van der Waals surface area contributed by atoms with E-state index >= 15 is 0 Å². The minimum atomic E-state index is 0.691. The second-order valence-electron chi connectivity index (χ2n) is 11.0. The van der Waals surface area contributed by atoms with Crippen molar-refractivity contribution in [2.75, 3.05) is 0 Å². The van der Waals surface area contributed by atoms with E-state index in [4.69, 9.17) is 15.1 Å². The number of para-hydroxylation sites is 1. The van der Waals surface area contributed by atoms with Crippen LogP contribution in [0.5, 0.6) is 0 Å². The van der Waals surface area contributed by atoms with Gasteiger partial charge in [-0.05, 0) is 35.4 Å². The van der Waals surface area contributed by atoms with Gasteiger partial charge in [-0.2, -0.15) is 5.10 Å². The molecule has 8 rings (SSSR count). The lowest BCUT2D eigenvalue weighted by atomic mass is 10.0. The molecule has 0 amide bonds. The zero-order chi connectivity index (χ0) is 30.0. The van der Waals surface area contributed by atoms with Crippen LogP contribution in [-0.4, -0.2) is 19.7 Å². The molecule has 0 unspecified atom stereocenters. The van der Waals surface area contributed by atoms with E-state index in [1.54, 1.807) is 0 Å². The number of nitrogens with zero attached hydrogens (tertiary/aromatic N) is 4. The fourth-order valence-electron chi connectivity index (χ4n) is 5.79. The average Bonchev–Trinajstić information content (AvgIpc) is 3.53. The van der Waals surface area contributed by atoms with Crippen molar-refractivity contribution in [2.45, 2.75) is 0 Å². The molecule has 0 radical (unpaired) electrons. The fraction of sp³-hybridized carbons (Fsp3) is 0. The normalized spacial score (nSPS) is 11.1. The van der Waals surface area contributed by atoms with Gasteiger partial charge in [-0.1, -0.05) is 146 Å². The van der Waals surface area contributed by atoms with Gasteiger partial charge in [0, 0.05) is 27.6 Å². The highest BCUT2D eigenvalue weighted by atomic mass is 15.3.